The number of hydrogen-bond donors (Lipinski definition) is 0. The molecule has 0 bridgehead atoms. The van der Waals surface area contributed by atoms with Crippen molar-refractivity contribution < 1.29 is 13.4 Å². The summed E-state index contributed by atoms with van der Waals surface area (Å²) in [6.45, 7) is 1.95. The van der Waals surface area contributed by atoms with Crippen molar-refractivity contribution in [2.45, 2.75) is 37.5 Å². The number of aryl methyl sites for hydroxylation is 2. The fourth-order valence-electron chi connectivity index (χ4n) is 6.12. The monoisotopic (exact) mass is 543 g/mol. The first-order chi connectivity index (χ1) is 18.6. The Morgan fingerprint density at radius 2 is 2.00 bits per heavy atom. The van der Waals surface area contributed by atoms with Crippen molar-refractivity contribution in [3.63, 3.8) is 0 Å². The third-order valence-corrected chi connectivity index (χ3v) is 10.1. The molecule has 3 aromatic heterocycles. The van der Waals surface area contributed by atoms with Gasteiger partial charge in [0.15, 0.2) is 5.78 Å². The van der Waals surface area contributed by atoms with E-state index >= 15 is 0 Å². The number of halogens is 1. The zero-order valence-corrected chi connectivity index (χ0v) is 22.8. The molecule has 1 saturated carbocycles. The highest BCUT2D eigenvalue weighted by molar-refractivity contribution is 8.00. The minimum absolute atomic E-state index is 0.0146. The number of fused-ring (bicyclic) bond motifs is 2. The molecule has 0 aliphatic heterocycles. The fraction of sp³-hybridized carbons (Fsp3) is 0.300. The smallest absolute Gasteiger partial charge is 0.191 e. The molecule has 0 saturated heterocycles. The van der Waals surface area contributed by atoms with Crippen molar-refractivity contribution >= 4 is 27.3 Å². The van der Waals surface area contributed by atoms with Crippen LogP contribution in [-0.2, 0) is 23.0 Å². The Hall–Kier alpha value is -3.85. The lowest BCUT2D eigenvalue weighted by Gasteiger charge is -2.44. The van der Waals surface area contributed by atoms with Crippen molar-refractivity contribution in [3.05, 3.63) is 95.1 Å². The van der Waals surface area contributed by atoms with Crippen LogP contribution in [-0.4, -0.2) is 46.2 Å². The molecule has 1 unspecified atom stereocenters. The molecule has 3 atom stereocenters. The third kappa shape index (κ3) is 4.54. The second-order valence-corrected chi connectivity index (χ2v) is 13.3. The van der Waals surface area contributed by atoms with Gasteiger partial charge in [0.25, 0.3) is 0 Å². The molecule has 0 spiro atoms. The lowest BCUT2D eigenvalue weighted by Crippen LogP contribution is -2.43. The number of benzene rings is 1. The summed E-state index contributed by atoms with van der Waals surface area (Å²) in [5.41, 5.74) is 4.27. The fourth-order valence-corrected chi connectivity index (χ4v) is 7.94. The number of hydrogen-bond acceptors (Lipinski definition) is 5. The highest BCUT2D eigenvalue weighted by Gasteiger charge is 2.49. The largest absolute Gasteiger partial charge is 0.291 e. The van der Waals surface area contributed by atoms with Crippen molar-refractivity contribution in [2.24, 2.45) is 18.4 Å². The number of aromatic nitrogens is 5. The lowest BCUT2D eigenvalue weighted by molar-refractivity contribution is 0.0763. The molecule has 0 amide bonds. The number of nitrogens with zero attached hydrogens (tertiary/aromatic N) is 5. The van der Waals surface area contributed by atoms with E-state index in [0.29, 0.717) is 35.6 Å². The Labute approximate surface area is 227 Å². The van der Waals surface area contributed by atoms with Gasteiger partial charge < -0.3 is 0 Å². The molecular formula is C30H30FN5O2S. The molecule has 1 aromatic carbocycles. The third-order valence-electron chi connectivity index (χ3n) is 8.03. The first-order valence-electron chi connectivity index (χ1n) is 13.0. The van der Waals surface area contributed by atoms with Crippen molar-refractivity contribution in [3.8, 4) is 5.69 Å². The standard InChI is InChI=1S/C30H30FN5O2S/c1-20-10-11-32-27(12-20)29(37)30-14-21(19-39(3,38)26-17-33-35(2)18-26)4-5-23(30)13-28-22(15-30)16-34-36(28)25-8-6-24(31)7-9-25/h6-13,16-18,21H,3-5,14-15,19H2,1-2H3/t21-,30-,39?/m1/s1. The molecule has 200 valence electrons. The summed E-state index contributed by atoms with van der Waals surface area (Å²) in [4.78, 5) is 19.4. The second-order valence-electron chi connectivity index (χ2n) is 10.9. The summed E-state index contributed by atoms with van der Waals surface area (Å²) in [5.74, 6) is 4.20. The van der Waals surface area contributed by atoms with Crippen LogP contribution in [0.15, 0.2) is 71.7 Å². The summed E-state index contributed by atoms with van der Waals surface area (Å²) in [7, 11) is -0.777. The van der Waals surface area contributed by atoms with E-state index in [0.717, 1.165) is 34.5 Å². The van der Waals surface area contributed by atoms with Crippen molar-refractivity contribution in [1.29, 1.82) is 0 Å². The van der Waals surface area contributed by atoms with E-state index in [1.165, 1.54) is 12.1 Å². The lowest BCUT2D eigenvalue weighted by atomic mass is 9.59. The van der Waals surface area contributed by atoms with Gasteiger partial charge in [-0.2, -0.15) is 10.2 Å². The van der Waals surface area contributed by atoms with Gasteiger partial charge in [-0.15, -0.1) is 0 Å². The SMILES string of the molecule is C=S(=O)(C[C@@H]1CCC2=Cc3c(cnn3-c3ccc(F)cc3)C[C@]2(C(=O)c2cc(C)ccn2)C1)c1cnn(C)c1. The molecule has 2 aliphatic carbocycles. The van der Waals surface area contributed by atoms with E-state index in [1.807, 2.05) is 19.1 Å². The summed E-state index contributed by atoms with van der Waals surface area (Å²) >= 11 is 0. The maximum atomic E-state index is 14.3. The van der Waals surface area contributed by atoms with Gasteiger partial charge in [0.05, 0.1) is 34.1 Å². The summed E-state index contributed by atoms with van der Waals surface area (Å²) in [6.07, 6.45) is 11.5. The van der Waals surface area contributed by atoms with Crippen LogP contribution in [0, 0.1) is 24.1 Å². The number of allylic oxidation sites excluding steroid dienone is 1. The number of ketones is 1. The zero-order valence-electron chi connectivity index (χ0n) is 22.0. The average Bonchev–Trinajstić information content (AvgIpc) is 3.53. The quantitative estimate of drug-likeness (QED) is 0.257. The Kier molecular flexibility index (Phi) is 6.14. The maximum absolute atomic E-state index is 14.3. The molecule has 4 aromatic rings. The molecule has 6 rings (SSSR count). The minimum atomic E-state index is -2.57. The van der Waals surface area contributed by atoms with Crippen LogP contribution in [0.25, 0.3) is 11.8 Å². The summed E-state index contributed by atoms with van der Waals surface area (Å²) < 4.78 is 30.7. The van der Waals surface area contributed by atoms with Crippen LogP contribution in [0.5, 0.6) is 0 Å². The van der Waals surface area contributed by atoms with Crippen LogP contribution in [0.2, 0.25) is 0 Å². The van der Waals surface area contributed by atoms with E-state index in [2.05, 4.69) is 27.1 Å². The van der Waals surface area contributed by atoms with Gasteiger partial charge in [0.2, 0.25) is 0 Å². The minimum Gasteiger partial charge on any atom is -0.291 e. The van der Waals surface area contributed by atoms with Crippen molar-refractivity contribution in [2.75, 3.05) is 5.75 Å². The van der Waals surface area contributed by atoms with Crippen LogP contribution < -0.4 is 0 Å². The van der Waals surface area contributed by atoms with E-state index < -0.39 is 14.9 Å². The maximum Gasteiger partial charge on any atom is 0.191 e. The van der Waals surface area contributed by atoms with Crippen LogP contribution >= 0.6 is 0 Å². The van der Waals surface area contributed by atoms with Crippen LogP contribution in [0.1, 0.15) is 46.6 Å². The Bertz CT molecular complexity index is 1720. The van der Waals surface area contributed by atoms with E-state index in [1.54, 1.807) is 53.3 Å². The highest BCUT2D eigenvalue weighted by atomic mass is 32.2. The molecule has 0 radical (unpaired) electrons. The Morgan fingerprint density at radius 1 is 1.21 bits per heavy atom. The highest BCUT2D eigenvalue weighted by Crippen LogP contribution is 2.52. The van der Waals surface area contributed by atoms with E-state index in [4.69, 9.17) is 0 Å². The second kappa shape index (κ2) is 9.41. The summed E-state index contributed by atoms with van der Waals surface area (Å²) in [6, 6.07) is 9.96. The molecule has 39 heavy (non-hydrogen) atoms. The molecule has 3 heterocycles. The predicted octanol–water partition coefficient (Wildman–Crippen LogP) is 4.83. The number of carbonyl (C=O) groups is 1. The Morgan fingerprint density at radius 3 is 2.72 bits per heavy atom. The van der Waals surface area contributed by atoms with Gasteiger partial charge in [-0.3, -0.25) is 18.7 Å². The number of pyridine rings is 1. The molecule has 1 fully saturated rings. The van der Waals surface area contributed by atoms with Gasteiger partial charge in [-0.05, 0) is 108 Å². The topological polar surface area (TPSA) is 82.7 Å². The van der Waals surface area contributed by atoms with Gasteiger partial charge >= 0.3 is 0 Å². The first kappa shape index (κ1) is 25.4. The molecule has 7 nitrogen and oxygen atoms in total. The normalized spacial score (nSPS) is 21.9. The molecule has 9 heteroatoms. The first-order valence-corrected chi connectivity index (χ1v) is 14.9. The van der Waals surface area contributed by atoms with Gasteiger partial charge in [0, 0.05) is 25.2 Å². The number of rotatable bonds is 6. The van der Waals surface area contributed by atoms with Crippen LogP contribution in [0.4, 0.5) is 4.39 Å². The average molecular weight is 544 g/mol. The zero-order chi connectivity index (χ0) is 27.4. The van der Waals surface area contributed by atoms with Gasteiger partial charge in [-0.1, -0.05) is 5.57 Å². The summed E-state index contributed by atoms with van der Waals surface area (Å²) in [5, 5.41) is 8.80. The number of carbonyl (C=O) groups excluding carboxylic acids is 1. The van der Waals surface area contributed by atoms with Crippen LogP contribution in [0.3, 0.4) is 0 Å². The van der Waals surface area contributed by atoms with Crippen molar-refractivity contribution in [1.82, 2.24) is 24.5 Å². The van der Waals surface area contributed by atoms with E-state index in [9.17, 15) is 13.4 Å². The van der Waals surface area contributed by atoms with Gasteiger partial charge in [-0.25, -0.2) is 9.07 Å². The number of Topliss-reactive ketones (excluding diaryl/α,β-unsaturated/α-hetero) is 1. The predicted molar refractivity (Wildman–Crippen MR) is 150 cm³/mol. The Balaban J connectivity index is 1.40. The van der Waals surface area contributed by atoms with Gasteiger partial charge in [0.1, 0.15) is 11.5 Å². The molecular weight excluding hydrogens is 513 g/mol. The molecule has 0 N–H and O–H groups in total. The van der Waals surface area contributed by atoms with E-state index in [-0.39, 0.29) is 17.5 Å². The molecule has 2 aliphatic rings.